The quantitative estimate of drug-likeness (QED) is 0.390. The van der Waals surface area contributed by atoms with Gasteiger partial charge in [-0.1, -0.05) is 0 Å². The van der Waals surface area contributed by atoms with Gasteiger partial charge in [0, 0.05) is 5.78 Å². The SMILES string of the molecule is CB1NC(P)C(P)O1. The maximum atomic E-state index is 5.30. The zero-order chi connectivity index (χ0) is 6.15. The minimum absolute atomic E-state index is 0.208. The van der Waals surface area contributed by atoms with Crippen molar-refractivity contribution in [3.8, 4) is 0 Å². The molecule has 0 bridgehead atoms. The molecule has 1 aliphatic heterocycles. The Morgan fingerprint density at radius 1 is 1.62 bits per heavy atom. The highest BCUT2D eigenvalue weighted by Gasteiger charge is 2.27. The largest absolute Gasteiger partial charge is 0.413 e. The lowest BCUT2D eigenvalue weighted by Crippen LogP contribution is -2.27. The molecule has 5 heteroatoms. The van der Waals surface area contributed by atoms with Crippen molar-refractivity contribution in [1.82, 2.24) is 5.23 Å². The highest BCUT2D eigenvalue weighted by Crippen LogP contribution is 2.19. The molecule has 0 aliphatic carbocycles. The standard InChI is InChI=1S/C3H10BNOP2/c1-4-5-2(7)3(8)6-4/h2-3,5H,7-8H2,1H3. The van der Waals surface area contributed by atoms with E-state index in [-0.39, 0.29) is 12.9 Å². The summed E-state index contributed by atoms with van der Waals surface area (Å²) in [4.78, 5) is 0. The van der Waals surface area contributed by atoms with Crippen LogP contribution in [0.1, 0.15) is 0 Å². The molecule has 1 N–H and O–H groups in total. The minimum atomic E-state index is 0.208. The molecule has 1 heterocycles. The van der Waals surface area contributed by atoms with Gasteiger partial charge in [0.05, 0.1) is 5.85 Å². The Morgan fingerprint density at radius 3 is 2.38 bits per heavy atom. The first kappa shape index (κ1) is 6.96. The molecule has 0 aromatic carbocycles. The third kappa shape index (κ3) is 1.42. The van der Waals surface area contributed by atoms with Crippen LogP contribution < -0.4 is 5.23 Å². The van der Waals surface area contributed by atoms with Crippen molar-refractivity contribution >= 4 is 25.5 Å². The molecule has 1 rings (SSSR count). The van der Waals surface area contributed by atoms with Crippen LogP contribution in [0.25, 0.3) is 0 Å². The molecule has 0 aromatic rings. The van der Waals surface area contributed by atoms with E-state index >= 15 is 0 Å². The molecule has 1 fully saturated rings. The van der Waals surface area contributed by atoms with Crippen molar-refractivity contribution in [3.05, 3.63) is 0 Å². The Hall–Kier alpha value is 0.845. The fraction of sp³-hybridized carbons (Fsp3) is 1.00. The molecule has 4 unspecified atom stereocenters. The summed E-state index contributed by atoms with van der Waals surface area (Å²) >= 11 is 0. The Kier molecular flexibility index (Phi) is 2.28. The highest BCUT2D eigenvalue weighted by molar-refractivity contribution is 7.23. The summed E-state index contributed by atoms with van der Waals surface area (Å²) in [5, 5.41) is 3.19. The third-order valence-electron chi connectivity index (χ3n) is 1.14. The average Bonchev–Trinajstić information content (AvgIpc) is 1.85. The molecule has 46 valence electrons. The maximum absolute atomic E-state index is 5.30. The Balaban J connectivity index is 2.39. The summed E-state index contributed by atoms with van der Waals surface area (Å²) in [6.07, 6.45) is 0. The first-order chi connectivity index (χ1) is 3.70. The van der Waals surface area contributed by atoms with E-state index < -0.39 is 0 Å². The first-order valence-corrected chi connectivity index (χ1v) is 3.96. The molecule has 0 radical (unpaired) electrons. The molecular weight excluding hydrogens is 139 g/mol. The van der Waals surface area contributed by atoms with Crippen molar-refractivity contribution in [2.24, 2.45) is 0 Å². The fourth-order valence-electron chi connectivity index (χ4n) is 0.725. The fourth-order valence-corrected chi connectivity index (χ4v) is 1.43. The number of hydrogen-bond acceptors (Lipinski definition) is 2. The van der Waals surface area contributed by atoms with E-state index in [1.165, 1.54) is 0 Å². The summed E-state index contributed by atoms with van der Waals surface area (Å²) in [5.41, 5.74) is 0. The van der Waals surface area contributed by atoms with Crippen LogP contribution in [-0.2, 0) is 4.65 Å². The van der Waals surface area contributed by atoms with Crippen LogP contribution in [0.3, 0.4) is 0 Å². The molecule has 1 aliphatic rings. The second-order valence-corrected chi connectivity index (χ2v) is 3.31. The second kappa shape index (κ2) is 2.62. The summed E-state index contributed by atoms with van der Waals surface area (Å²) in [5.74, 6) is 0.657. The van der Waals surface area contributed by atoms with Gasteiger partial charge in [-0.3, -0.25) is 0 Å². The van der Waals surface area contributed by atoms with E-state index in [0.29, 0.717) is 5.78 Å². The average molecular weight is 149 g/mol. The monoisotopic (exact) mass is 149 g/mol. The van der Waals surface area contributed by atoms with Gasteiger partial charge in [0.2, 0.25) is 0 Å². The maximum Gasteiger partial charge on any atom is 0.377 e. The van der Waals surface area contributed by atoms with E-state index in [0.717, 1.165) is 0 Å². The molecule has 0 spiro atoms. The molecule has 0 aromatic heterocycles. The van der Waals surface area contributed by atoms with Crippen molar-refractivity contribution < 1.29 is 4.65 Å². The molecular formula is C3H10BNOP2. The van der Waals surface area contributed by atoms with Gasteiger partial charge in [-0.25, -0.2) is 0 Å². The van der Waals surface area contributed by atoms with Crippen molar-refractivity contribution in [2.75, 3.05) is 0 Å². The van der Waals surface area contributed by atoms with E-state index in [4.69, 9.17) is 4.65 Å². The lowest BCUT2D eigenvalue weighted by atomic mass is 9.90. The molecule has 2 nitrogen and oxygen atoms in total. The Bertz CT molecular complexity index is 83.4. The van der Waals surface area contributed by atoms with Crippen LogP contribution in [0.4, 0.5) is 0 Å². The Morgan fingerprint density at radius 2 is 2.25 bits per heavy atom. The second-order valence-electron chi connectivity index (χ2n) is 1.94. The van der Waals surface area contributed by atoms with Crippen LogP contribution in [0.5, 0.6) is 0 Å². The first-order valence-electron chi connectivity index (χ1n) is 2.63. The minimum Gasteiger partial charge on any atom is -0.413 e. The van der Waals surface area contributed by atoms with Crippen molar-refractivity contribution in [1.29, 1.82) is 0 Å². The van der Waals surface area contributed by atoms with Gasteiger partial charge in [-0.05, 0) is 6.82 Å². The van der Waals surface area contributed by atoms with Gasteiger partial charge in [0.15, 0.2) is 0 Å². The lowest BCUT2D eigenvalue weighted by molar-refractivity contribution is 0.330. The van der Waals surface area contributed by atoms with Gasteiger partial charge in [0.1, 0.15) is 0 Å². The summed E-state index contributed by atoms with van der Waals surface area (Å²) < 4.78 is 5.30. The van der Waals surface area contributed by atoms with Gasteiger partial charge in [-0.2, -0.15) is 0 Å². The Labute approximate surface area is 54.7 Å². The molecule has 0 saturated carbocycles. The normalized spacial score (nSPS) is 38.6. The van der Waals surface area contributed by atoms with E-state index in [1.807, 2.05) is 6.82 Å². The topological polar surface area (TPSA) is 21.3 Å². The summed E-state index contributed by atoms with van der Waals surface area (Å²) in [6, 6.07) is 0. The van der Waals surface area contributed by atoms with Gasteiger partial charge in [-0.15, -0.1) is 18.5 Å². The molecule has 8 heavy (non-hydrogen) atoms. The van der Waals surface area contributed by atoms with Crippen molar-refractivity contribution in [3.63, 3.8) is 0 Å². The van der Waals surface area contributed by atoms with E-state index in [1.54, 1.807) is 0 Å². The molecule has 1 saturated heterocycles. The number of rotatable bonds is 0. The number of nitrogens with one attached hydrogen (secondary N) is 1. The van der Waals surface area contributed by atoms with Crippen LogP contribution >= 0.6 is 18.5 Å². The molecule has 4 atom stereocenters. The predicted molar refractivity (Wildman–Crippen MR) is 42.8 cm³/mol. The van der Waals surface area contributed by atoms with Crippen LogP contribution in [0.2, 0.25) is 6.82 Å². The zero-order valence-electron chi connectivity index (χ0n) is 4.79. The van der Waals surface area contributed by atoms with Crippen LogP contribution in [-0.4, -0.2) is 18.7 Å². The zero-order valence-corrected chi connectivity index (χ0v) is 7.10. The number of hydrogen-bond donors (Lipinski definition) is 1. The van der Waals surface area contributed by atoms with Gasteiger partial charge < -0.3 is 9.88 Å². The smallest absolute Gasteiger partial charge is 0.377 e. The van der Waals surface area contributed by atoms with Gasteiger partial charge in [0.25, 0.3) is 0 Å². The van der Waals surface area contributed by atoms with Crippen LogP contribution in [0.15, 0.2) is 0 Å². The van der Waals surface area contributed by atoms with E-state index in [9.17, 15) is 0 Å². The third-order valence-corrected chi connectivity index (χ3v) is 2.73. The van der Waals surface area contributed by atoms with Gasteiger partial charge >= 0.3 is 7.05 Å². The van der Waals surface area contributed by atoms with Crippen LogP contribution in [0, 0.1) is 0 Å². The summed E-state index contributed by atoms with van der Waals surface area (Å²) in [6.45, 7) is 2.00. The highest BCUT2D eigenvalue weighted by atomic mass is 31.0. The van der Waals surface area contributed by atoms with E-state index in [2.05, 4.69) is 23.7 Å². The lowest BCUT2D eigenvalue weighted by Gasteiger charge is -2.05. The summed E-state index contributed by atoms with van der Waals surface area (Å²) in [7, 11) is 5.52. The predicted octanol–water partition coefficient (Wildman–Crippen LogP) is 0.127. The molecule has 0 amide bonds. The van der Waals surface area contributed by atoms with Crippen molar-refractivity contribution in [2.45, 2.75) is 18.5 Å².